The fourth-order valence-electron chi connectivity index (χ4n) is 2.63. The van der Waals surface area contributed by atoms with Gasteiger partial charge in [0.1, 0.15) is 0 Å². The highest BCUT2D eigenvalue weighted by atomic mass is 19.3. The summed E-state index contributed by atoms with van der Waals surface area (Å²) in [6.07, 6.45) is 1.59. The van der Waals surface area contributed by atoms with Crippen molar-refractivity contribution < 1.29 is 13.9 Å². The fourth-order valence-corrected chi connectivity index (χ4v) is 2.63. The van der Waals surface area contributed by atoms with Crippen molar-refractivity contribution in [2.45, 2.75) is 44.8 Å². The van der Waals surface area contributed by atoms with E-state index in [2.05, 4.69) is 11.5 Å². The van der Waals surface area contributed by atoms with E-state index in [1.165, 1.54) is 0 Å². The van der Waals surface area contributed by atoms with Crippen LogP contribution < -0.4 is 0 Å². The average Bonchev–Trinajstić information content (AvgIpc) is 2.37. The lowest BCUT2D eigenvalue weighted by Crippen LogP contribution is -2.55. The molecule has 19 heavy (non-hydrogen) atoms. The zero-order valence-corrected chi connectivity index (χ0v) is 11.8. The number of rotatable bonds is 8. The van der Waals surface area contributed by atoms with Gasteiger partial charge in [-0.1, -0.05) is 13.0 Å². The molecule has 1 aliphatic rings. The van der Waals surface area contributed by atoms with Crippen LogP contribution in [0.4, 0.5) is 8.78 Å². The van der Waals surface area contributed by atoms with E-state index in [1.54, 1.807) is 6.08 Å². The first-order valence-corrected chi connectivity index (χ1v) is 7.10. The van der Waals surface area contributed by atoms with Crippen LogP contribution in [0.3, 0.4) is 0 Å². The Hall–Kier alpha value is -0.520. The predicted octanol–water partition coefficient (Wildman–Crippen LogP) is 1.97. The molecule has 1 fully saturated rings. The Morgan fingerprint density at radius 1 is 1.37 bits per heavy atom. The molecule has 0 aliphatic carbocycles. The molecule has 1 N–H and O–H groups in total. The van der Waals surface area contributed by atoms with E-state index in [0.717, 1.165) is 32.4 Å². The minimum atomic E-state index is -2.27. The third-order valence-corrected chi connectivity index (χ3v) is 3.71. The Morgan fingerprint density at radius 3 is 2.68 bits per heavy atom. The number of aliphatic hydroxyl groups excluding tert-OH is 1. The molecule has 2 unspecified atom stereocenters. The van der Waals surface area contributed by atoms with Gasteiger partial charge in [0.2, 0.25) is 0 Å². The van der Waals surface area contributed by atoms with Crippen molar-refractivity contribution in [1.82, 2.24) is 9.80 Å². The van der Waals surface area contributed by atoms with Gasteiger partial charge in [-0.25, -0.2) is 8.78 Å². The van der Waals surface area contributed by atoms with Crippen molar-refractivity contribution in [2.75, 3.05) is 32.7 Å². The molecule has 0 aromatic carbocycles. The number of β-amino-alcohol motifs (C(OH)–C–C–N with tert-alkyl or cyclic N) is 1. The van der Waals surface area contributed by atoms with Crippen molar-refractivity contribution in [1.29, 1.82) is 0 Å². The minimum Gasteiger partial charge on any atom is -0.392 e. The Kier molecular flexibility index (Phi) is 7.49. The summed E-state index contributed by atoms with van der Waals surface area (Å²) in [5.74, 6) is 0. The minimum absolute atomic E-state index is 0.134. The Bertz CT molecular complexity index is 264. The van der Waals surface area contributed by atoms with Crippen LogP contribution in [0.25, 0.3) is 0 Å². The maximum Gasteiger partial charge on any atom is 0.251 e. The van der Waals surface area contributed by atoms with Gasteiger partial charge >= 0.3 is 0 Å². The SMILES string of the molecule is C=CCCC(O)CN1CCN(CC(F)F)C(CC)C1. The molecule has 1 heterocycles. The topological polar surface area (TPSA) is 26.7 Å². The van der Waals surface area contributed by atoms with Crippen molar-refractivity contribution in [3.63, 3.8) is 0 Å². The first-order chi connectivity index (χ1) is 9.06. The van der Waals surface area contributed by atoms with Gasteiger partial charge in [0.15, 0.2) is 0 Å². The van der Waals surface area contributed by atoms with Gasteiger partial charge in [0.05, 0.1) is 12.6 Å². The van der Waals surface area contributed by atoms with E-state index in [4.69, 9.17) is 0 Å². The molecule has 1 aliphatic heterocycles. The summed E-state index contributed by atoms with van der Waals surface area (Å²) in [5.41, 5.74) is 0. The second kappa shape index (κ2) is 8.61. The first kappa shape index (κ1) is 16.5. The van der Waals surface area contributed by atoms with Crippen LogP contribution in [0.2, 0.25) is 0 Å². The quantitative estimate of drug-likeness (QED) is 0.687. The van der Waals surface area contributed by atoms with Crippen molar-refractivity contribution in [3.05, 3.63) is 12.7 Å². The number of nitrogens with zero attached hydrogens (tertiary/aromatic N) is 2. The molecule has 5 heteroatoms. The van der Waals surface area contributed by atoms with Gasteiger partial charge in [-0.05, 0) is 19.3 Å². The molecule has 1 saturated heterocycles. The maximum absolute atomic E-state index is 12.5. The highest BCUT2D eigenvalue weighted by Crippen LogP contribution is 2.15. The standard InChI is InChI=1S/C14H26F2N2O/c1-3-5-6-13(19)10-17-7-8-18(11-14(15)16)12(4-2)9-17/h3,12-14,19H,1,4-11H2,2H3. The van der Waals surface area contributed by atoms with Gasteiger partial charge in [0, 0.05) is 32.2 Å². The second-order valence-electron chi connectivity index (χ2n) is 5.23. The van der Waals surface area contributed by atoms with Crippen LogP contribution >= 0.6 is 0 Å². The normalized spacial score (nSPS) is 23.7. The molecule has 0 amide bonds. The summed E-state index contributed by atoms with van der Waals surface area (Å²) < 4.78 is 24.9. The molecule has 1 rings (SSSR count). The van der Waals surface area contributed by atoms with Crippen LogP contribution in [0, 0.1) is 0 Å². The molecular weight excluding hydrogens is 250 g/mol. The second-order valence-corrected chi connectivity index (χ2v) is 5.23. The predicted molar refractivity (Wildman–Crippen MR) is 73.5 cm³/mol. The summed E-state index contributed by atoms with van der Waals surface area (Å²) in [6, 6.07) is 0.175. The van der Waals surface area contributed by atoms with Crippen LogP contribution in [0.1, 0.15) is 26.2 Å². The van der Waals surface area contributed by atoms with Crippen LogP contribution in [-0.2, 0) is 0 Å². The lowest BCUT2D eigenvalue weighted by atomic mass is 10.1. The zero-order chi connectivity index (χ0) is 14.3. The van der Waals surface area contributed by atoms with Crippen LogP contribution in [-0.4, -0.2) is 66.2 Å². The summed E-state index contributed by atoms with van der Waals surface area (Å²) in [6.45, 7) is 8.36. The molecular formula is C14H26F2N2O. The Morgan fingerprint density at radius 2 is 2.11 bits per heavy atom. The van der Waals surface area contributed by atoms with Crippen LogP contribution in [0.15, 0.2) is 12.7 Å². The summed E-state index contributed by atoms with van der Waals surface area (Å²) in [7, 11) is 0. The lowest BCUT2D eigenvalue weighted by molar-refractivity contribution is 0.00429. The molecule has 0 bridgehead atoms. The van der Waals surface area contributed by atoms with E-state index in [9.17, 15) is 13.9 Å². The largest absolute Gasteiger partial charge is 0.392 e. The molecule has 2 atom stereocenters. The van der Waals surface area contributed by atoms with Gasteiger partial charge in [-0.2, -0.15) is 0 Å². The third-order valence-electron chi connectivity index (χ3n) is 3.71. The highest BCUT2D eigenvalue weighted by molar-refractivity contribution is 4.83. The zero-order valence-electron chi connectivity index (χ0n) is 11.8. The smallest absolute Gasteiger partial charge is 0.251 e. The summed E-state index contributed by atoms with van der Waals surface area (Å²) in [4.78, 5) is 4.06. The molecule has 0 saturated carbocycles. The number of piperazine rings is 1. The number of allylic oxidation sites excluding steroid dienone is 1. The van der Waals surface area contributed by atoms with Gasteiger partial charge < -0.3 is 5.11 Å². The summed E-state index contributed by atoms with van der Waals surface area (Å²) >= 11 is 0. The molecule has 0 radical (unpaired) electrons. The molecule has 3 nitrogen and oxygen atoms in total. The number of hydrogen-bond acceptors (Lipinski definition) is 3. The highest BCUT2D eigenvalue weighted by Gasteiger charge is 2.28. The molecule has 0 aromatic heterocycles. The van der Waals surface area contributed by atoms with Crippen molar-refractivity contribution >= 4 is 0 Å². The third kappa shape index (κ3) is 5.97. The Labute approximate surface area is 114 Å². The monoisotopic (exact) mass is 276 g/mol. The van der Waals surface area contributed by atoms with E-state index >= 15 is 0 Å². The molecule has 112 valence electrons. The first-order valence-electron chi connectivity index (χ1n) is 7.10. The van der Waals surface area contributed by atoms with E-state index < -0.39 is 6.43 Å². The Balaban J connectivity index is 2.38. The summed E-state index contributed by atoms with van der Waals surface area (Å²) in [5, 5.41) is 9.88. The van der Waals surface area contributed by atoms with Gasteiger partial charge in [0.25, 0.3) is 6.43 Å². The lowest BCUT2D eigenvalue weighted by Gasteiger charge is -2.41. The fraction of sp³-hybridized carbons (Fsp3) is 0.857. The number of halogens is 2. The van der Waals surface area contributed by atoms with E-state index in [0.29, 0.717) is 13.1 Å². The number of aliphatic hydroxyl groups is 1. The average molecular weight is 276 g/mol. The van der Waals surface area contributed by atoms with E-state index in [-0.39, 0.29) is 18.7 Å². The maximum atomic E-state index is 12.5. The number of hydrogen-bond donors (Lipinski definition) is 1. The van der Waals surface area contributed by atoms with Gasteiger partial charge in [-0.15, -0.1) is 6.58 Å². The molecule has 0 spiro atoms. The van der Waals surface area contributed by atoms with E-state index in [1.807, 2.05) is 11.8 Å². The van der Waals surface area contributed by atoms with Crippen LogP contribution in [0.5, 0.6) is 0 Å². The number of alkyl halides is 2. The van der Waals surface area contributed by atoms with Gasteiger partial charge in [-0.3, -0.25) is 9.80 Å². The van der Waals surface area contributed by atoms with Crippen molar-refractivity contribution in [2.24, 2.45) is 0 Å². The van der Waals surface area contributed by atoms with Crippen molar-refractivity contribution in [3.8, 4) is 0 Å². The molecule has 0 aromatic rings.